The standard InChI is InChI=1S/C14H22N4O2/c1-3-11-12(4-2)16-17-13(15-11)18-7-5-6-14(10-18)19-8-9-20-14/h3-10H2,1-2H3. The molecule has 110 valence electrons. The highest BCUT2D eigenvalue weighted by molar-refractivity contribution is 5.32. The first-order valence-corrected chi connectivity index (χ1v) is 7.51. The second-order valence-corrected chi connectivity index (χ2v) is 5.35. The lowest BCUT2D eigenvalue weighted by Crippen LogP contribution is -2.49. The number of hydrogen-bond donors (Lipinski definition) is 0. The lowest BCUT2D eigenvalue weighted by Gasteiger charge is -2.38. The molecular formula is C14H22N4O2. The Kier molecular flexibility index (Phi) is 3.85. The Labute approximate surface area is 119 Å². The number of rotatable bonds is 3. The van der Waals surface area contributed by atoms with Crippen LogP contribution in [-0.4, -0.2) is 47.3 Å². The van der Waals surface area contributed by atoms with Gasteiger partial charge in [0.05, 0.1) is 31.1 Å². The molecule has 0 N–H and O–H groups in total. The topological polar surface area (TPSA) is 60.4 Å². The molecule has 6 heteroatoms. The minimum atomic E-state index is -0.447. The molecule has 2 fully saturated rings. The van der Waals surface area contributed by atoms with Crippen molar-refractivity contribution in [2.75, 3.05) is 31.2 Å². The molecule has 3 rings (SSSR count). The quantitative estimate of drug-likeness (QED) is 0.831. The summed E-state index contributed by atoms with van der Waals surface area (Å²) in [5.74, 6) is 0.259. The third-order valence-electron chi connectivity index (χ3n) is 4.01. The molecule has 0 radical (unpaired) electrons. The smallest absolute Gasteiger partial charge is 0.245 e. The van der Waals surface area contributed by atoms with Gasteiger partial charge >= 0.3 is 0 Å². The van der Waals surface area contributed by atoms with E-state index in [1.165, 1.54) is 0 Å². The number of ether oxygens (including phenoxy) is 2. The van der Waals surface area contributed by atoms with Crippen molar-refractivity contribution in [3.05, 3.63) is 11.4 Å². The molecule has 1 aromatic rings. The molecular weight excluding hydrogens is 256 g/mol. The third kappa shape index (κ3) is 2.50. The number of piperidine rings is 1. The summed E-state index contributed by atoms with van der Waals surface area (Å²) in [6, 6.07) is 0. The zero-order valence-corrected chi connectivity index (χ0v) is 12.3. The van der Waals surface area contributed by atoms with Gasteiger partial charge in [0, 0.05) is 13.0 Å². The molecule has 0 unspecified atom stereocenters. The Balaban J connectivity index is 1.81. The van der Waals surface area contributed by atoms with Crippen LogP contribution >= 0.6 is 0 Å². The summed E-state index contributed by atoms with van der Waals surface area (Å²) in [5, 5.41) is 8.61. The van der Waals surface area contributed by atoms with Crippen LogP contribution in [0.25, 0.3) is 0 Å². The molecule has 2 aliphatic rings. The lowest BCUT2D eigenvalue weighted by molar-refractivity contribution is -0.161. The highest BCUT2D eigenvalue weighted by Gasteiger charge is 2.41. The minimum absolute atomic E-state index is 0.447. The van der Waals surface area contributed by atoms with E-state index in [2.05, 4.69) is 33.9 Å². The van der Waals surface area contributed by atoms with E-state index < -0.39 is 5.79 Å². The summed E-state index contributed by atoms with van der Waals surface area (Å²) >= 11 is 0. The van der Waals surface area contributed by atoms with Crippen LogP contribution in [0.2, 0.25) is 0 Å². The van der Waals surface area contributed by atoms with Crippen molar-refractivity contribution in [1.82, 2.24) is 15.2 Å². The van der Waals surface area contributed by atoms with Gasteiger partial charge in [-0.1, -0.05) is 13.8 Å². The fourth-order valence-electron chi connectivity index (χ4n) is 2.95. The van der Waals surface area contributed by atoms with E-state index in [9.17, 15) is 0 Å². The van der Waals surface area contributed by atoms with Crippen LogP contribution in [0.1, 0.15) is 38.1 Å². The highest BCUT2D eigenvalue weighted by Crippen LogP contribution is 2.31. The molecule has 1 spiro atoms. The molecule has 0 aromatic carbocycles. The first-order valence-electron chi connectivity index (χ1n) is 7.51. The van der Waals surface area contributed by atoms with Crippen LogP contribution in [-0.2, 0) is 22.3 Å². The van der Waals surface area contributed by atoms with Crippen molar-refractivity contribution in [2.45, 2.75) is 45.3 Å². The Morgan fingerprint density at radius 2 is 1.85 bits per heavy atom. The number of anilines is 1. The molecule has 1 aromatic heterocycles. The summed E-state index contributed by atoms with van der Waals surface area (Å²) in [7, 11) is 0. The third-order valence-corrected chi connectivity index (χ3v) is 4.01. The van der Waals surface area contributed by atoms with Crippen LogP contribution in [0, 0.1) is 0 Å². The molecule has 0 bridgehead atoms. The highest BCUT2D eigenvalue weighted by atomic mass is 16.7. The van der Waals surface area contributed by atoms with E-state index in [1.54, 1.807) is 0 Å². The van der Waals surface area contributed by atoms with Crippen LogP contribution < -0.4 is 4.90 Å². The Hall–Kier alpha value is -1.27. The maximum atomic E-state index is 5.79. The molecule has 2 aliphatic heterocycles. The maximum Gasteiger partial charge on any atom is 0.245 e. The van der Waals surface area contributed by atoms with Crippen molar-refractivity contribution < 1.29 is 9.47 Å². The summed E-state index contributed by atoms with van der Waals surface area (Å²) in [6.45, 7) is 7.19. The molecule has 6 nitrogen and oxygen atoms in total. The number of aryl methyl sites for hydroxylation is 2. The van der Waals surface area contributed by atoms with E-state index in [4.69, 9.17) is 9.47 Å². The van der Waals surface area contributed by atoms with E-state index in [0.717, 1.165) is 43.6 Å². The van der Waals surface area contributed by atoms with Gasteiger partial charge in [0.1, 0.15) is 0 Å². The molecule has 0 aliphatic carbocycles. The van der Waals surface area contributed by atoms with Crippen molar-refractivity contribution in [3.8, 4) is 0 Å². The van der Waals surface area contributed by atoms with Gasteiger partial charge in [0.2, 0.25) is 5.95 Å². The summed E-state index contributed by atoms with van der Waals surface area (Å²) in [6.07, 6.45) is 3.74. The molecule has 0 saturated carbocycles. The fraction of sp³-hybridized carbons (Fsp3) is 0.786. The van der Waals surface area contributed by atoms with Crippen molar-refractivity contribution in [1.29, 1.82) is 0 Å². The van der Waals surface area contributed by atoms with Crippen LogP contribution in [0.15, 0.2) is 0 Å². The van der Waals surface area contributed by atoms with Gasteiger partial charge in [-0.25, -0.2) is 4.98 Å². The normalized spacial score (nSPS) is 21.6. The van der Waals surface area contributed by atoms with Gasteiger partial charge in [-0.15, -0.1) is 5.10 Å². The Morgan fingerprint density at radius 1 is 1.10 bits per heavy atom. The predicted octanol–water partition coefficient (Wildman–Crippen LogP) is 1.34. The fourth-order valence-corrected chi connectivity index (χ4v) is 2.95. The molecule has 0 atom stereocenters. The maximum absolute atomic E-state index is 5.79. The van der Waals surface area contributed by atoms with Crippen LogP contribution in [0.4, 0.5) is 5.95 Å². The van der Waals surface area contributed by atoms with Crippen LogP contribution in [0.5, 0.6) is 0 Å². The van der Waals surface area contributed by atoms with Gasteiger partial charge in [0.15, 0.2) is 5.79 Å². The van der Waals surface area contributed by atoms with Gasteiger partial charge in [-0.3, -0.25) is 0 Å². The van der Waals surface area contributed by atoms with E-state index in [1.807, 2.05) is 0 Å². The molecule has 2 saturated heterocycles. The Morgan fingerprint density at radius 3 is 2.55 bits per heavy atom. The lowest BCUT2D eigenvalue weighted by atomic mass is 10.1. The number of hydrogen-bond acceptors (Lipinski definition) is 6. The Bertz CT molecular complexity index is 474. The molecule has 3 heterocycles. The largest absolute Gasteiger partial charge is 0.346 e. The summed E-state index contributed by atoms with van der Waals surface area (Å²) < 4.78 is 11.6. The zero-order valence-electron chi connectivity index (χ0n) is 12.3. The summed E-state index contributed by atoms with van der Waals surface area (Å²) in [5.41, 5.74) is 2.04. The van der Waals surface area contributed by atoms with Crippen molar-refractivity contribution >= 4 is 5.95 Å². The van der Waals surface area contributed by atoms with E-state index >= 15 is 0 Å². The van der Waals surface area contributed by atoms with E-state index in [0.29, 0.717) is 25.7 Å². The van der Waals surface area contributed by atoms with Gasteiger partial charge in [-0.2, -0.15) is 5.10 Å². The van der Waals surface area contributed by atoms with Crippen molar-refractivity contribution in [2.24, 2.45) is 0 Å². The summed E-state index contributed by atoms with van der Waals surface area (Å²) in [4.78, 5) is 6.82. The zero-order chi connectivity index (χ0) is 14.0. The monoisotopic (exact) mass is 278 g/mol. The minimum Gasteiger partial charge on any atom is -0.346 e. The van der Waals surface area contributed by atoms with Gasteiger partial charge < -0.3 is 14.4 Å². The molecule has 20 heavy (non-hydrogen) atoms. The average molecular weight is 278 g/mol. The van der Waals surface area contributed by atoms with Crippen molar-refractivity contribution in [3.63, 3.8) is 0 Å². The first kappa shape index (κ1) is 13.7. The van der Waals surface area contributed by atoms with E-state index in [-0.39, 0.29) is 0 Å². The number of aromatic nitrogens is 3. The average Bonchev–Trinajstić information content (AvgIpc) is 2.94. The van der Waals surface area contributed by atoms with Gasteiger partial charge in [-0.05, 0) is 19.3 Å². The predicted molar refractivity (Wildman–Crippen MR) is 74.7 cm³/mol. The molecule has 0 amide bonds. The second-order valence-electron chi connectivity index (χ2n) is 5.35. The SMILES string of the molecule is CCc1nnc(N2CCCC3(C2)OCCO3)nc1CC. The number of nitrogens with zero attached hydrogens (tertiary/aromatic N) is 4. The van der Waals surface area contributed by atoms with Gasteiger partial charge in [0.25, 0.3) is 0 Å². The second kappa shape index (κ2) is 5.61. The van der Waals surface area contributed by atoms with Crippen LogP contribution in [0.3, 0.4) is 0 Å². The first-order chi connectivity index (χ1) is 9.76.